The molecule has 1 fully saturated rings. The molecular formula is C18H28N2O. The van der Waals surface area contributed by atoms with E-state index >= 15 is 0 Å². The van der Waals surface area contributed by atoms with Crippen molar-refractivity contribution in [2.75, 3.05) is 6.54 Å². The molecule has 0 aliphatic carbocycles. The van der Waals surface area contributed by atoms with Crippen LogP contribution in [-0.4, -0.2) is 29.4 Å². The van der Waals surface area contributed by atoms with Crippen LogP contribution >= 0.6 is 0 Å². The monoisotopic (exact) mass is 288 g/mol. The van der Waals surface area contributed by atoms with Gasteiger partial charge in [-0.2, -0.15) is 0 Å². The Labute approximate surface area is 128 Å². The molecule has 1 aliphatic heterocycles. The van der Waals surface area contributed by atoms with Gasteiger partial charge >= 0.3 is 0 Å². The van der Waals surface area contributed by atoms with Crippen LogP contribution in [0.5, 0.6) is 0 Å². The molecule has 1 saturated heterocycles. The first-order chi connectivity index (χ1) is 9.97. The Morgan fingerprint density at radius 1 is 1.33 bits per heavy atom. The minimum Gasteiger partial charge on any atom is -0.340 e. The molecule has 0 aromatic heterocycles. The molecular weight excluding hydrogens is 260 g/mol. The highest BCUT2D eigenvalue weighted by Gasteiger charge is 2.26. The SMILES string of the molecule is CC(C)c1ccc(CCC(=O)N2CC[C@H](N)C[C@H]2C)cc1. The molecule has 1 amide bonds. The Bertz CT molecular complexity index is 467. The third-order valence-corrected chi connectivity index (χ3v) is 4.51. The molecule has 0 saturated carbocycles. The Balaban J connectivity index is 1.86. The molecule has 0 radical (unpaired) electrons. The number of hydrogen-bond acceptors (Lipinski definition) is 2. The van der Waals surface area contributed by atoms with E-state index in [2.05, 4.69) is 45.0 Å². The molecule has 3 heteroatoms. The van der Waals surface area contributed by atoms with Gasteiger partial charge in [-0.05, 0) is 43.2 Å². The Hall–Kier alpha value is -1.35. The van der Waals surface area contributed by atoms with Crippen LogP contribution in [0, 0.1) is 0 Å². The summed E-state index contributed by atoms with van der Waals surface area (Å²) in [5, 5.41) is 0. The fourth-order valence-corrected chi connectivity index (χ4v) is 3.04. The number of likely N-dealkylation sites (tertiary alicyclic amines) is 1. The van der Waals surface area contributed by atoms with E-state index in [1.165, 1.54) is 11.1 Å². The minimum absolute atomic E-state index is 0.257. The summed E-state index contributed by atoms with van der Waals surface area (Å²) in [6.45, 7) is 7.31. The Morgan fingerprint density at radius 3 is 2.57 bits per heavy atom. The second-order valence-corrected chi connectivity index (χ2v) is 6.62. The maximum atomic E-state index is 12.3. The molecule has 21 heavy (non-hydrogen) atoms. The average Bonchev–Trinajstić information content (AvgIpc) is 2.45. The molecule has 116 valence electrons. The normalized spacial score (nSPS) is 22.6. The van der Waals surface area contributed by atoms with Gasteiger partial charge < -0.3 is 10.6 Å². The van der Waals surface area contributed by atoms with Crippen LogP contribution in [0.2, 0.25) is 0 Å². The first kappa shape index (κ1) is 16.0. The molecule has 2 N–H and O–H groups in total. The van der Waals surface area contributed by atoms with E-state index in [9.17, 15) is 4.79 Å². The third-order valence-electron chi connectivity index (χ3n) is 4.51. The van der Waals surface area contributed by atoms with E-state index in [1.807, 2.05) is 4.90 Å². The maximum absolute atomic E-state index is 12.3. The quantitative estimate of drug-likeness (QED) is 0.925. The fourth-order valence-electron chi connectivity index (χ4n) is 3.04. The van der Waals surface area contributed by atoms with Crippen molar-refractivity contribution in [3.8, 4) is 0 Å². The number of amides is 1. The minimum atomic E-state index is 0.257. The number of nitrogens with zero attached hydrogens (tertiary/aromatic N) is 1. The van der Waals surface area contributed by atoms with E-state index in [0.29, 0.717) is 12.3 Å². The highest BCUT2D eigenvalue weighted by atomic mass is 16.2. The highest BCUT2D eigenvalue weighted by molar-refractivity contribution is 5.76. The van der Waals surface area contributed by atoms with Gasteiger partial charge in [0.05, 0.1) is 0 Å². The first-order valence-electron chi connectivity index (χ1n) is 8.11. The molecule has 0 spiro atoms. The summed E-state index contributed by atoms with van der Waals surface area (Å²) in [5.41, 5.74) is 8.55. The topological polar surface area (TPSA) is 46.3 Å². The number of nitrogens with two attached hydrogens (primary N) is 1. The smallest absolute Gasteiger partial charge is 0.223 e. The average molecular weight is 288 g/mol. The zero-order chi connectivity index (χ0) is 15.4. The molecule has 0 bridgehead atoms. The number of carbonyl (C=O) groups excluding carboxylic acids is 1. The lowest BCUT2D eigenvalue weighted by atomic mass is 9.97. The summed E-state index contributed by atoms with van der Waals surface area (Å²) in [7, 11) is 0. The third kappa shape index (κ3) is 4.31. The Kier molecular flexibility index (Phi) is 5.40. The van der Waals surface area contributed by atoms with Crippen molar-refractivity contribution in [1.29, 1.82) is 0 Å². The van der Waals surface area contributed by atoms with Crippen molar-refractivity contribution in [1.82, 2.24) is 4.90 Å². The second-order valence-electron chi connectivity index (χ2n) is 6.62. The molecule has 2 rings (SSSR count). The van der Waals surface area contributed by atoms with Crippen molar-refractivity contribution < 1.29 is 4.79 Å². The van der Waals surface area contributed by atoms with Crippen LogP contribution in [0.15, 0.2) is 24.3 Å². The second kappa shape index (κ2) is 7.08. The number of benzene rings is 1. The summed E-state index contributed by atoms with van der Waals surface area (Å²) in [4.78, 5) is 14.4. The number of aryl methyl sites for hydroxylation is 1. The molecule has 3 nitrogen and oxygen atoms in total. The van der Waals surface area contributed by atoms with Crippen LogP contribution in [0.25, 0.3) is 0 Å². The summed E-state index contributed by atoms with van der Waals surface area (Å²) in [5.74, 6) is 0.821. The zero-order valence-corrected chi connectivity index (χ0v) is 13.5. The van der Waals surface area contributed by atoms with Gasteiger partial charge in [0.1, 0.15) is 0 Å². The van der Waals surface area contributed by atoms with Gasteiger partial charge in [0, 0.05) is 25.0 Å². The highest BCUT2D eigenvalue weighted by Crippen LogP contribution is 2.19. The predicted molar refractivity (Wildman–Crippen MR) is 87.2 cm³/mol. The van der Waals surface area contributed by atoms with Crippen molar-refractivity contribution in [2.24, 2.45) is 5.73 Å². The van der Waals surface area contributed by atoms with Crippen molar-refractivity contribution in [2.45, 2.75) is 64.5 Å². The van der Waals surface area contributed by atoms with Gasteiger partial charge in [-0.15, -0.1) is 0 Å². The van der Waals surface area contributed by atoms with Gasteiger partial charge in [0.15, 0.2) is 0 Å². The van der Waals surface area contributed by atoms with Crippen LogP contribution in [0.1, 0.15) is 57.1 Å². The number of rotatable bonds is 4. The predicted octanol–water partition coefficient (Wildman–Crippen LogP) is 3.08. The fraction of sp³-hybridized carbons (Fsp3) is 0.611. The Morgan fingerprint density at radius 2 is 2.00 bits per heavy atom. The summed E-state index contributed by atoms with van der Waals surface area (Å²) >= 11 is 0. The van der Waals surface area contributed by atoms with Crippen LogP contribution in [-0.2, 0) is 11.2 Å². The maximum Gasteiger partial charge on any atom is 0.223 e. The molecule has 2 atom stereocenters. The standard InChI is InChI=1S/C18H28N2O/c1-13(2)16-7-4-15(5-8-16)6-9-18(21)20-11-10-17(19)12-14(20)3/h4-5,7-8,13-14,17H,6,9-12,19H2,1-3H3/t14-,17+/m1/s1. The van der Waals surface area contributed by atoms with Gasteiger partial charge in [0.2, 0.25) is 5.91 Å². The van der Waals surface area contributed by atoms with Crippen molar-refractivity contribution in [3.05, 3.63) is 35.4 Å². The molecule has 1 aromatic carbocycles. The summed E-state index contributed by atoms with van der Waals surface area (Å²) in [6, 6.07) is 9.19. The van der Waals surface area contributed by atoms with E-state index in [-0.39, 0.29) is 18.0 Å². The lowest BCUT2D eigenvalue weighted by Gasteiger charge is -2.36. The number of hydrogen-bond donors (Lipinski definition) is 1. The van der Waals surface area contributed by atoms with Crippen molar-refractivity contribution in [3.63, 3.8) is 0 Å². The molecule has 1 aromatic rings. The van der Waals surface area contributed by atoms with E-state index in [0.717, 1.165) is 25.8 Å². The van der Waals surface area contributed by atoms with Crippen LogP contribution in [0.3, 0.4) is 0 Å². The molecule has 1 heterocycles. The van der Waals surface area contributed by atoms with Gasteiger partial charge in [-0.3, -0.25) is 4.79 Å². The number of piperidine rings is 1. The van der Waals surface area contributed by atoms with E-state index < -0.39 is 0 Å². The lowest BCUT2D eigenvalue weighted by molar-refractivity contribution is -0.134. The largest absolute Gasteiger partial charge is 0.340 e. The van der Waals surface area contributed by atoms with E-state index in [1.54, 1.807) is 0 Å². The lowest BCUT2D eigenvalue weighted by Crippen LogP contribution is -2.48. The zero-order valence-electron chi connectivity index (χ0n) is 13.5. The van der Waals surface area contributed by atoms with Gasteiger partial charge in [-0.1, -0.05) is 38.1 Å². The van der Waals surface area contributed by atoms with Gasteiger partial charge in [0.25, 0.3) is 0 Å². The molecule has 1 aliphatic rings. The van der Waals surface area contributed by atoms with Crippen LogP contribution < -0.4 is 5.73 Å². The summed E-state index contributed by atoms with van der Waals surface area (Å²) < 4.78 is 0. The first-order valence-corrected chi connectivity index (χ1v) is 8.11. The van der Waals surface area contributed by atoms with E-state index in [4.69, 9.17) is 5.73 Å². The molecule has 0 unspecified atom stereocenters. The van der Waals surface area contributed by atoms with Crippen molar-refractivity contribution >= 4 is 5.91 Å². The van der Waals surface area contributed by atoms with Crippen LogP contribution in [0.4, 0.5) is 0 Å². The number of carbonyl (C=O) groups is 1. The summed E-state index contributed by atoms with van der Waals surface area (Å²) in [6.07, 6.45) is 3.28. The van der Waals surface area contributed by atoms with Gasteiger partial charge in [-0.25, -0.2) is 0 Å².